The molecule has 0 saturated carbocycles. The highest BCUT2D eigenvalue weighted by molar-refractivity contribution is 7.98. The minimum absolute atomic E-state index is 0.169. The largest absolute Gasteiger partial charge is 0.508 e. The van der Waals surface area contributed by atoms with Gasteiger partial charge in [-0.25, -0.2) is 4.98 Å². The fourth-order valence-electron chi connectivity index (χ4n) is 2.43. The van der Waals surface area contributed by atoms with Gasteiger partial charge in [0, 0.05) is 24.6 Å². The first-order chi connectivity index (χ1) is 12.6. The third-order valence-corrected chi connectivity index (χ3v) is 4.70. The molecule has 0 saturated heterocycles. The van der Waals surface area contributed by atoms with Gasteiger partial charge in [0.2, 0.25) is 0 Å². The summed E-state index contributed by atoms with van der Waals surface area (Å²) in [6.07, 6.45) is 2.31. The van der Waals surface area contributed by atoms with Crippen LogP contribution >= 0.6 is 11.8 Å². The van der Waals surface area contributed by atoms with Crippen molar-refractivity contribution >= 4 is 17.7 Å². The molecular weight excluding hydrogens is 350 g/mol. The summed E-state index contributed by atoms with van der Waals surface area (Å²) < 4.78 is 5.05. The molecule has 6 nitrogen and oxygen atoms in total. The molecule has 0 unspecified atom stereocenters. The van der Waals surface area contributed by atoms with Crippen molar-refractivity contribution in [1.82, 2.24) is 15.5 Å². The number of aromatic hydroxyl groups is 1. The van der Waals surface area contributed by atoms with Crippen molar-refractivity contribution in [2.24, 2.45) is 0 Å². The summed E-state index contributed by atoms with van der Waals surface area (Å²) in [4.78, 5) is 16.8. The number of carbonyl (C=O) groups is 1. The van der Waals surface area contributed by atoms with Crippen LogP contribution in [0.3, 0.4) is 0 Å². The van der Waals surface area contributed by atoms with Crippen molar-refractivity contribution in [3.05, 3.63) is 71.2 Å². The maximum absolute atomic E-state index is 12.5. The molecule has 1 aromatic carbocycles. The molecule has 7 heteroatoms. The van der Waals surface area contributed by atoms with Gasteiger partial charge >= 0.3 is 0 Å². The van der Waals surface area contributed by atoms with Crippen LogP contribution in [0.5, 0.6) is 5.75 Å². The van der Waals surface area contributed by atoms with Gasteiger partial charge in [-0.2, -0.15) is 0 Å². The highest BCUT2D eigenvalue weighted by Gasteiger charge is 2.13. The molecule has 0 fully saturated rings. The van der Waals surface area contributed by atoms with Crippen molar-refractivity contribution in [3.8, 4) is 5.75 Å². The van der Waals surface area contributed by atoms with Gasteiger partial charge in [-0.15, -0.1) is 0 Å². The summed E-state index contributed by atoms with van der Waals surface area (Å²) >= 11 is 1.45. The zero-order valence-corrected chi connectivity index (χ0v) is 15.1. The fraction of sp³-hybridized carbons (Fsp3) is 0.211. The molecule has 0 spiro atoms. The number of phenols is 1. The van der Waals surface area contributed by atoms with Gasteiger partial charge in [-0.1, -0.05) is 29.1 Å². The lowest BCUT2D eigenvalue weighted by atomic mass is 10.1. The summed E-state index contributed by atoms with van der Waals surface area (Å²) in [5, 5.41) is 17.0. The molecular formula is C19H19N3O3S. The summed E-state index contributed by atoms with van der Waals surface area (Å²) in [7, 11) is 0. The van der Waals surface area contributed by atoms with Crippen LogP contribution in [0.25, 0.3) is 0 Å². The zero-order valence-electron chi connectivity index (χ0n) is 14.3. The van der Waals surface area contributed by atoms with Gasteiger partial charge in [0.25, 0.3) is 5.91 Å². The minimum Gasteiger partial charge on any atom is -0.508 e. The van der Waals surface area contributed by atoms with E-state index in [0.29, 0.717) is 29.3 Å². The second-order valence-electron chi connectivity index (χ2n) is 5.75. The molecule has 0 radical (unpaired) electrons. The number of nitrogens with zero attached hydrogens (tertiary/aromatic N) is 2. The lowest BCUT2D eigenvalue weighted by molar-refractivity contribution is 0.0950. The predicted octanol–water partition coefficient (Wildman–Crippen LogP) is 3.35. The number of hydrogen-bond donors (Lipinski definition) is 2. The Kier molecular flexibility index (Phi) is 5.91. The van der Waals surface area contributed by atoms with Crippen molar-refractivity contribution in [2.75, 3.05) is 6.54 Å². The first kappa shape index (κ1) is 18.0. The summed E-state index contributed by atoms with van der Waals surface area (Å²) in [5.74, 6) is 1.39. The van der Waals surface area contributed by atoms with Gasteiger partial charge in [-0.3, -0.25) is 4.79 Å². The Balaban J connectivity index is 1.58. The highest BCUT2D eigenvalue weighted by Crippen LogP contribution is 2.24. The number of amides is 1. The van der Waals surface area contributed by atoms with Crippen LogP contribution in [0.15, 0.2) is 58.2 Å². The smallest absolute Gasteiger partial charge is 0.254 e. The van der Waals surface area contributed by atoms with E-state index < -0.39 is 0 Å². The molecule has 2 aromatic heterocycles. The number of hydrogen-bond acceptors (Lipinski definition) is 6. The summed E-state index contributed by atoms with van der Waals surface area (Å²) in [6.45, 7) is 2.32. The van der Waals surface area contributed by atoms with E-state index in [0.717, 1.165) is 17.0 Å². The molecule has 0 atom stereocenters. The normalized spacial score (nSPS) is 10.7. The molecule has 3 aromatic rings. The first-order valence-electron chi connectivity index (χ1n) is 8.18. The molecule has 2 N–H and O–H groups in total. The molecule has 2 heterocycles. The minimum atomic E-state index is -0.169. The maximum atomic E-state index is 12.5. The van der Waals surface area contributed by atoms with E-state index in [9.17, 15) is 9.90 Å². The van der Waals surface area contributed by atoms with Gasteiger partial charge in [-0.05, 0) is 43.2 Å². The maximum Gasteiger partial charge on any atom is 0.254 e. The van der Waals surface area contributed by atoms with Crippen molar-refractivity contribution in [1.29, 1.82) is 0 Å². The topological polar surface area (TPSA) is 88.2 Å². The Morgan fingerprint density at radius 3 is 2.92 bits per heavy atom. The SMILES string of the molecule is Cc1cc(CSc2ncccc2C(=O)NCCc2cccc(O)c2)no1. The number of nitrogens with one attached hydrogen (secondary N) is 1. The molecule has 1 amide bonds. The van der Waals surface area contributed by atoms with Crippen LogP contribution in [-0.2, 0) is 12.2 Å². The quantitative estimate of drug-likeness (QED) is 0.621. The number of aromatic nitrogens is 2. The van der Waals surface area contributed by atoms with Crippen LogP contribution in [0.4, 0.5) is 0 Å². The average molecular weight is 369 g/mol. The van der Waals surface area contributed by atoms with Crippen LogP contribution < -0.4 is 5.32 Å². The van der Waals surface area contributed by atoms with Gasteiger partial charge in [0.05, 0.1) is 11.3 Å². The van der Waals surface area contributed by atoms with E-state index in [4.69, 9.17) is 4.52 Å². The monoisotopic (exact) mass is 369 g/mol. The lowest BCUT2D eigenvalue weighted by Gasteiger charge is -2.09. The molecule has 0 aliphatic heterocycles. The number of benzene rings is 1. The Hall–Kier alpha value is -2.80. The standard InChI is InChI=1S/C19H19N3O3S/c1-13-10-15(22-25-13)12-26-19-17(6-3-8-21-19)18(24)20-9-7-14-4-2-5-16(23)11-14/h2-6,8,10-11,23H,7,9,12H2,1H3,(H,20,24). The van der Waals surface area contributed by atoms with Crippen molar-refractivity contribution < 1.29 is 14.4 Å². The number of carbonyl (C=O) groups excluding carboxylic acids is 1. The third kappa shape index (κ3) is 4.86. The van der Waals surface area contributed by atoms with E-state index in [1.165, 1.54) is 11.8 Å². The van der Waals surface area contributed by atoms with Gasteiger partial charge in [0.15, 0.2) is 0 Å². The Bertz CT molecular complexity index is 895. The molecule has 3 rings (SSSR count). The van der Waals surface area contributed by atoms with Crippen molar-refractivity contribution in [3.63, 3.8) is 0 Å². The molecule has 0 bridgehead atoms. The summed E-state index contributed by atoms with van der Waals surface area (Å²) in [6, 6.07) is 12.4. The predicted molar refractivity (Wildman–Crippen MR) is 99.2 cm³/mol. The number of thioether (sulfide) groups is 1. The van der Waals surface area contributed by atoms with Gasteiger partial charge < -0.3 is 14.9 Å². The summed E-state index contributed by atoms with van der Waals surface area (Å²) in [5.41, 5.74) is 2.31. The van der Waals surface area contributed by atoms with Crippen LogP contribution in [-0.4, -0.2) is 27.7 Å². The van der Waals surface area contributed by atoms with E-state index in [2.05, 4.69) is 15.5 Å². The number of rotatable bonds is 7. The van der Waals surface area contributed by atoms with Crippen LogP contribution in [0.1, 0.15) is 27.4 Å². The third-order valence-electron chi connectivity index (χ3n) is 3.66. The van der Waals surface area contributed by atoms with E-state index in [-0.39, 0.29) is 11.7 Å². The number of pyridine rings is 1. The average Bonchev–Trinajstić information content (AvgIpc) is 3.05. The highest BCUT2D eigenvalue weighted by atomic mass is 32.2. The Morgan fingerprint density at radius 1 is 1.27 bits per heavy atom. The van der Waals surface area contributed by atoms with Gasteiger partial charge in [0.1, 0.15) is 16.5 Å². The second-order valence-corrected chi connectivity index (χ2v) is 6.71. The number of aryl methyl sites for hydroxylation is 1. The van der Waals surface area contributed by atoms with Crippen molar-refractivity contribution in [2.45, 2.75) is 24.1 Å². The van der Waals surface area contributed by atoms with Crippen LogP contribution in [0, 0.1) is 6.92 Å². The van der Waals surface area contributed by atoms with E-state index >= 15 is 0 Å². The second kappa shape index (κ2) is 8.53. The van der Waals surface area contributed by atoms with E-state index in [1.54, 1.807) is 36.5 Å². The zero-order chi connectivity index (χ0) is 18.4. The van der Waals surface area contributed by atoms with E-state index in [1.807, 2.05) is 19.1 Å². The Morgan fingerprint density at radius 2 is 2.15 bits per heavy atom. The Labute approximate surface area is 155 Å². The first-order valence-corrected chi connectivity index (χ1v) is 9.16. The molecule has 0 aliphatic rings. The number of phenolic OH excluding ortho intramolecular Hbond substituents is 1. The van der Waals surface area contributed by atoms with Crippen LogP contribution in [0.2, 0.25) is 0 Å². The fourth-order valence-corrected chi connectivity index (χ4v) is 3.31. The molecule has 134 valence electrons. The lowest BCUT2D eigenvalue weighted by Crippen LogP contribution is -2.26. The molecule has 0 aliphatic carbocycles. The molecule has 26 heavy (non-hydrogen) atoms.